The van der Waals surface area contributed by atoms with Crippen LogP contribution >= 0.6 is 23.1 Å². The number of para-hydroxylation sites is 2. The van der Waals surface area contributed by atoms with Crippen molar-refractivity contribution < 1.29 is 0 Å². The van der Waals surface area contributed by atoms with Crippen LogP contribution in [0.4, 0.5) is 0 Å². The van der Waals surface area contributed by atoms with E-state index in [1.165, 1.54) is 79.7 Å². The third-order valence-electron chi connectivity index (χ3n) is 7.97. The highest BCUT2D eigenvalue weighted by molar-refractivity contribution is 7.99. The van der Waals surface area contributed by atoms with E-state index >= 15 is 0 Å². The monoisotopic (exact) mass is 531 g/mol. The topological polar surface area (TPSA) is 4.93 Å². The van der Waals surface area contributed by atoms with Crippen molar-refractivity contribution in [2.45, 2.75) is 9.79 Å². The average molecular weight is 532 g/mol. The van der Waals surface area contributed by atoms with Crippen LogP contribution in [0.15, 0.2) is 137 Å². The van der Waals surface area contributed by atoms with Crippen LogP contribution in [0, 0.1) is 0 Å². The SMILES string of the molecule is c1cc(-c2cc3c4c(c2)c2ccccc2n4-c2ccccc2S3)cc(-c2cccc3c2sc2ccccc23)c1. The average Bonchev–Trinajstić information content (AvgIpc) is 3.54. The summed E-state index contributed by atoms with van der Waals surface area (Å²) in [5.74, 6) is 0. The minimum absolute atomic E-state index is 1.25. The van der Waals surface area contributed by atoms with Gasteiger partial charge >= 0.3 is 0 Å². The molecule has 0 bridgehead atoms. The van der Waals surface area contributed by atoms with Gasteiger partial charge in [0.15, 0.2) is 0 Å². The molecule has 0 radical (unpaired) electrons. The van der Waals surface area contributed by atoms with Gasteiger partial charge in [0.1, 0.15) is 0 Å². The van der Waals surface area contributed by atoms with Gasteiger partial charge in [-0.05, 0) is 64.7 Å². The standard InChI is InChI=1S/C36H21NS2/c1-3-15-30-26(11-1)29-20-24(21-34-35(29)37(30)31-16-4-6-18-33(31)38-34)22-9-7-10-23(19-22)25-13-8-14-28-27-12-2-5-17-32(27)39-36(25)28/h1-21H. The van der Waals surface area contributed by atoms with E-state index in [9.17, 15) is 0 Å². The third-order valence-corrected chi connectivity index (χ3v) is 10.3. The van der Waals surface area contributed by atoms with Gasteiger partial charge < -0.3 is 4.57 Å². The first-order chi connectivity index (χ1) is 19.3. The summed E-state index contributed by atoms with van der Waals surface area (Å²) >= 11 is 3.78. The highest BCUT2D eigenvalue weighted by Gasteiger charge is 2.23. The molecule has 2 aromatic heterocycles. The lowest BCUT2D eigenvalue weighted by Gasteiger charge is -2.20. The van der Waals surface area contributed by atoms with Crippen molar-refractivity contribution in [3.8, 4) is 27.9 Å². The Bertz CT molecular complexity index is 2270. The number of fused-ring (bicyclic) bond motifs is 8. The van der Waals surface area contributed by atoms with Gasteiger partial charge in [-0.2, -0.15) is 0 Å². The lowest BCUT2D eigenvalue weighted by atomic mass is 9.97. The van der Waals surface area contributed by atoms with Crippen molar-refractivity contribution in [2.75, 3.05) is 0 Å². The molecule has 9 rings (SSSR count). The fraction of sp³-hybridized carbons (Fsp3) is 0. The van der Waals surface area contributed by atoms with Gasteiger partial charge in [0.2, 0.25) is 0 Å². The van der Waals surface area contributed by atoms with E-state index in [1.807, 2.05) is 23.1 Å². The lowest BCUT2D eigenvalue weighted by Crippen LogP contribution is -2.01. The molecule has 0 spiro atoms. The summed E-state index contributed by atoms with van der Waals surface area (Å²) in [6.07, 6.45) is 0. The first-order valence-corrected chi connectivity index (χ1v) is 14.8. The minimum atomic E-state index is 1.25. The van der Waals surface area contributed by atoms with E-state index in [0.29, 0.717) is 0 Å². The summed E-state index contributed by atoms with van der Waals surface area (Å²) < 4.78 is 5.15. The molecule has 3 heteroatoms. The first-order valence-electron chi connectivity index (χ1n) is 13.2. The Labute approximate surface area is 234 Å². The molecule has 0 fully saturated rings. The predicted octanol–water partition coefficient (Wildman–Crippen LogP) is 11.0. The maximum absolute atomic E-state index is 2.45. The van der Waals surface area contributed by atoms with Crippen LogP contribution in [0.25, 0.3) is 69.9 Å². The van der Waals surface area contributed by atoms with Crippen LogP contribution in [-0.2, 0) is 0 Å². The molecule has 0 atom stereocenters. The minimum Gasteiger partial charge on any atom is -0.307 e. The van der Waals surface area contributed by atoms with Crippen molar-refractivity contribution in [2.24, 2.45) is 0 Å². The Morgan fingerprint density at radius 1 is 0.487 bits per heavy atom. The van der Waals surface area contributed by atoms with Crippen LogP contribution in [0.3, 0.4) is 0 Å². The van der Waals surface area contributed by atoms with Crippen molar-refractivity contribution >= 4 is 65.1 Å². The van der Waals surface area contributed by atoms with Gasteiger partial charge in [-0.1, -0.05) is 96.7 Å². The van der Waals surface area contributed by atoms with Gasteiger partial charge in [0.25, 0.3) is 0 Å². The van der Waals surface area contributed by atoms with Crippen molar-refractivity contribution in [1.82, 2.24) is 4.57 Å². The molecule has 8 aromatic rings. The molecule has 0 saturated heterocycles. The van der Waals surface area contributed by atoms with Crippen molar-refractivity contribution in [1.29, 1.82) is 0 Å². The van der Waals surface area contributed by atoms with Crippen LogP contribution in [-0.4, -0.2) is 4.57 Å². The maximum atomic E-state index is 2.45. The summed E-state index contributed by atoms with van der Waals surface area (Å²) in [5, 5.41) is 5.30. The van der Waals surface area contributed by atoms with Gasteiger partial charge in [0.05, 0.1) is 16.7 Å². The molecule has 0 saturated carbocycles. The molecule has 0 amide bonds. The molecular weight excluding hydrogens is 511 g/mol. The number of hydrogen-bond donors (Lipinski definition) is 0. The molecule has 1 aliphatic heterocycles. The molecule has 182 valence electrons. The molecule has 0 N–H and O–H groups in total. The van der Waals surface area contributed by atoms with Gasteiger partial charge in [-0.25, -0.2) is 0 Å². The van der Waals surface area contributed by atoms with Crippen LogP contribution in [0.5, 0.6) is 0 Å². The molecule has 0 unspecified atom stereocenters. The lowest BCUT2D eigenvalue weighted by molar-refractivity contribution is 1.09. The van der Waals surface area contributed by atoms with E-state index in [0.717, 1.165) is 0 Å². The molecule has 39 heavy (non-hydrogen) atoms. The second-order valence-corrected chi connectivity index (χ2v) is 12.3. The van der Waals surface area contributed by atoms with Crippen molar-refractivity contribution in [3.05, 3.63) is 127 Å². The normalized spacial score (nSPS) is 12.5. The molecule has 1 aliphatic rings. The second kappa shape index (κ2) is 8.09. The summed E-state index contributed by atoms with van der Waals surface area (Å²) in [7, 11) is 0. The zero-order chi connectivity index (χ0) is 25.5. The van der Waals surface area contributed by atoms with Crippen LogP contribution < -0.4 is 0 Å². The third kappa shape index (κ3) is 3.09. The first kappa shape index (κ1) is 21.6. The fourth-order valence-corrected chi connectivity index (χ4v) is 8.61. The highest BCUT2D eigenvalue weighted by atomic mass is 32.2. The Morgan fingerprint density at radius 2 is 1.26 bits per heavy atom. The fourth-order valence-electron chi connectivity index (χ4n) is 6.24. The zero-order valence-corrected chi connectivity index (χ0v) is 22.5. The van der Waals surface area contributed by atoms with Crippen LogP contribution in [0.1, 0.15) is 0 Å². The molecule has 1 nitrogen and oxygen atoms in total. The Balaban J connectivity index is 1.27. The highest BCUT2D eigenvalue weighted by Crippen LogP contribution is 2.48. The summed E-state index contributed by atoms with van der Waals surface area (Å²) in [6, 6.07) is 46.9. The Morgan fingerprint density at radius 3 is 2.23 bits per heavy atom. The van der Waals surface area contributed by atoms with E-state index < -0.39 is 0 Å². The summed E-state index contributed by atoms with van der Waals surface area (Å²) in [6.45, 7) is 0. The largest absolute Gasteiger partial charge is 0.307 e. The number of aromatic nitrogens is 1. The van der Waals surface area contributed by atoms with E-state index in [1.54, 1.807) is 0 Å². The molecule has 6 aromatic carbocycles. The summed E-state index contributed by atoms with van der Waals surface area (Å²) in [5.41, 5.74) is 8.93. The number of hydrogen-bond acceptors (Lipinski definition) is 2. The van der Waals surface area contributed by atoms with Gasteiger partial charge in [-0.3, -0.25) is 0 Å². The van der Waals surface area contributed by atoms with Gasteiger partial charge in [0, 0.05) is 40.7 Å². The van der Waals surface area contributed by atoms with E-state index in [-0.39, 0.29) is 0 Å². The molecular formula is C36H21NS2. The smallest absolute Gasteiger partial charge is 0.0681 e. The van der Waals surface area contributed by atoms with Crippen LogP contribution in [0.2, 0.25) is 0 Å². The number of rotatable bonds is 2. The Kier molecular flexibility index (Phi) is 4.48. The van der Waals surface area contributed by atoms with Gasteiger partial charge in [-0.15, -0.1) is 11.3 Å². The molecule has 3 heterocycles. The quantitative estimate of drug-likeness (QED) is 0.215. The van der Waals surface area contributed by atoms with Crippen molar-refractivity contribution in [3.63, 3.8) is 0 Å². The zero-order valence-electron chi connectivity index (χ0n) is 20.9. The maximum Gasteiger partial charge on any atom is 0.0681 e. The number of nitrogens with zero attached hydrogens (tertiary/aromatic N) is 1. The predicted molar refractivity (Wildman–Crippen MR) is 169 cm³/mol. The summed E-state index contributed by atoms with van der Waals surface area (Å²) in [4.78, 5) is 2.62. The van der Waals surface area contributed by atoms with E-state index in [2.05, 4.69) is 132 Å². The Hall–Kier alpha value is -4.31. The molecule has 0 aliphatic carbocycles. The van der Waals surface area contributed by atoms with E-state index in [4.69, 9.17) is 0 Å². The second-order valence-electron chi connectivity index (χ2n) is 10.2. The number of benzene rings is 6. The number of thiophene rings is 1.